The summed E-state index contributed by atoms with van der Waals surface area (Å²) in [6.07, 6.45) is 0. The minimum Gasteiger partial charge on any atom is -0.378 e. The molecule has 0 aromatic heterocycles. The molecule has 0 unspecified atom stereocenters. The van der Waals surface area contributed by atoms with E-state index in [-0.39, 0.29) is 16.5 Å². The maximum absolute atomic E-state index is 13.1. The Morgan fingerprint density at radius 3 is 2.62 bits per heavy atom. The fourth-order valence-corrected chi connectivity index (χ4v) is 1.85. The molecule has 1 aliphatic heterocycles. The van der Waals surface area contributed by atoms with Crippen LogP contribution in [0.15, 0.2) is 18.2 Å². The van der Waals surface area contributed by atoms with Crippen LogP contribution in [0.25, 0.3) is 0 Å². The predicted octanol–water partition coefficient (Wildman–Crippen LogP) is 1.95. The van der Waals surface area contributed by atoms with Crippen molar-refractivity contribution in [3.8, 4) is 0 Å². The maximum atomic E-state index is 13.1. The van der Waals surface area contributed by atoms with Gasteiger partial charge in [0.05, 0.1) is 13.2 Å². The first kappa shape index (κ1) is 11.4. The van der Waals surface area contributed by atoms with E-state index in [1.807, 2.05) is 0 Å². The van der Waals surface area contributed by atoms with Gasteiger partial charge in [-0.2, -0.15) is 0 Å². The zero-order chi connectivity index (χ0) is 11.5. The van der Waals surface area contributed by atoms with Crippen LogP contribution < -0.4 is 0 Å². The first-order chi connectivity index (χ1) is 7.66. The van der Waals surface area contributed by atoms with Crippen molar-refractivity contribution in [3.63, 3.8) is 0 Å². The number of carbonyl (C=O) groups is 1. The van der Waals surface area contributed by atoms with Gasteiger partial charge in [0.15, 0.2) is 0 Å². The Kier molecular flexibility index (Phi) is 3.41. The van der Waals surface area contributed by atoms with Gasteiger partial charge in [0.1, 0.15) is 5.82 Å². The van der Waals surface area contributed by atoms with Crippen molar-refractivity contribution in [2.24, 2.45) is 0 Å². The smallest absolute Gasteiger partial charge is 0.254 e. The molecule has 0 radical (unpaired) electrons. The van der Waals surface area contributed by atoms with Gasteiger partial charge in [-0.05, 0) is 18.2 Å². The van der Waals surface area contributed by atoms with Crippen molar-refractivity contribution in [1.29, 1.82) is 0 Å². The summed E-state index contributed by atoms with van der Waals surface area (Å²) in [4.78, 5) is 13.6. The van der Waals surface area contributed by atoms with Crippen LogP contribution in [0.4, 0.5) is 4.39 Å². The van der Waals surface area contributed by atoms with Crippen molar-refractivity contribution in [2.45, 2.75) is 0 Å². The number of morpholine rings is 1. The van der Waals surface area contributed by atoms with E-state index >= 15 is 0 Å². The Labute approximate surface area is 97.8 Å². The van der Waals surface area contributed by atoms with Crippen LogP contribution in [-0.2, 0) is 4.74 Å². The van der Waals surface area contributed by atoms with Gasteiger partial charge in [0.2, 0.25) is 0 Å². The minimum absolute atomic E-state index is 0.204. The number of rotatable bonds is 1. The summed E-state index contributed by atoms with van der Waals surface area (Å²) in [5.41, 5.74) is 0.284. The predicted molar refractivity (Wildman–Crippen MR) is 58.1 cm³/mol. The summed E-state index contributed by atoms with van der Waals surface area (Å²) in [5.74, 6) is -0.700. The van der Waals surface area contributed by atoms with Crippen molar-refractivity contribution < 1.29 is 13.9 Å². The van der Waals surface area contributed by atoms with Gasteiger partial charge in [-0.1, -0.05) is 11.6 Å². The van der Waals surface area contributed by atoms with E-state index in [2.05, 4.69) is 0 Å². The minimum atomic E-state index is -0.496. The Bertz CT molecular complexity index is 385. The molecule has 0 atom stereocenters. The number of halogens is 2. The van der Waals surface area contributed by atoms with Crippen LogP contribution in [0.3, 0.4) is 0 Å². The zero-order valence-electron chi connectivity index (χ0n) is 8.58. The van der Waals surface area contributed by atoms with E-state index in [1.54, 1.807) is 4.90 Å². The zero-order valence-corrected chi connectivity index (χ0v) is 9.34. The van der Waals surface area contributed by atoms with E-state index in [1.165, 1.54) is 18.2 Å². The number of benzene rings is 1. The lowest BCUT2D eigenvalue weighted by Gasteiger charge is -2.26. The second-order valence-corrected chi connectivity index (χ2v) is 4.00. The number of hydrogen-bond acceptors (Lipinski definition) is 2. The molecule has 1 aliphatic rings. The first-order valence-corrected chi connectivity index (χ1v) is 5.38. The number of amides is 1. The van der Waals surface area contributed by atoms with Gasteiger partial charge in [-0.25, -0.2) is 4.39 Å². The Morgan fingerprint density at radius 2 is 2.00 bits per heavy atom. The molecule has 1 amide bonds. The van der Waals surface area contributed by atoms with Gasteiger partial charge >= 0.3 is 0 Å². The Balaban J connectivity index is 2.19. The summed E-state index contributed by atoms with van der Waals surface area (Å²) >= 11 is 5.70. The second kappa shape index (κ2) is 4.80. The van der Waals surface area contributed by atoms with Gasteiger partial charge < -0.3 is 9.64 Å². The Morgan fingerprint density at radius 1 is 1.31 bits per heavy atom. The summed E-state index contributed by atoms with van der Waals surface area (Å²) in [6.45, 7) is 2.11. The number of hydrogen-bond donors (Lipinski definition) is 0. The molecule has 0 aliphatic carbocycles. The quantitative estimate of drug-likeness (QED) is 0.755. The average molecular weight is 244 g/mol. The molecule has 1 heterocycles. The average Bonchev–Trinajstić information content (AvgIpc) is 2.28. The summed E-state index contributed by atoms with van der Waals surface area (Å²) in [6, 6.07) is 3.85. The lowest BCUT2D eigenvalue weighted by atomic mass is 10.2. The van der Waals surface area contributed by atoms with Crippen LogP contribution in [0.5, 0.6) is 0 Å². The molecule has 16 heavy (non-hydrogen) atoms. The summed E-state index contributed by atoms with van der Waals surface area (Å²) < 4.78 is 18.2. The highest BCUT2D eigenvalue weighted by atomic mass is 35.5. The standard InChI is InChI=1S/C11H11ClFNO2/c12-9-5-8(6-10(13)7-9)11(15)14-1-3-16-4-2-14/h5-7H,1-4H2. The molecule has 1 aromatic carbocycles. The molecule has 0 saturated carbocycles. The molecule has 86 valence electrons. The highest BCUT2D eigenvalue weighted by molar-refractivity contribution is 6.31. The van der Waals surface area contributed by atoms with Gasteiger partial charge in [-0.3, -0.25) is 4.79 Å². The molecular formula is C11H11ClFNO2. The van der Waals surface area contributed by atoms with Crippen molar-refractivity contribution in [1.82, 2.24) is 4.90 Å². The summed E-state index contributed by atoms with van der Waals surface area (Å²) in [5, 5.41) is 0.233. The van der Waals surface area contributed by atoms with Gasteiger partial charge in [-0.15, -0.1) is 0 Å². The topological polar surface area (TPSA) is 29.5 Å². The first-order valence-electron chi connectivity index (χ1n) is 5.00. The highest BCUT2D eigenvalue weighted by Crippen LogP contribution is 2.16. The molecule has 2 rings (SSSR count). The highest BCUT2D eigenvalue weighted by Gasteiger charge is 2.19. The van der Waals surface area contributed by atoms with Crippen LogP contribution >= 0.6 is 11.6 Å². The lowest BCUT2D eigenvalue weighted by Crippen LogP contribution is -2.40. The number of ether oxygens (including phenoxy) is 1. The van der Waals surface area contributed by atoms with E-state index in [4.69, 9.17) is 16.3 Å². The van der Waals surface area contributed by atoms with Crippen molar-refractivity contribution in [3.05, 3.63) is 34.6 Å². The second-order valence-electron chi connectivity index (χ2n) is 3.56. The largest absolute Gasteiger partial charge is 0.378 e. The van der Waals surface area contributed by atoms with Crippen LogP contribution in [-0.4, -0.2) is 37.1 Å². The molecular weight excluding hydrogens is 233 g/mol. The van der Waals surface area contributed by atoms with E-state index in [9.17, 15) is 9.18 Å². The molecule has 1 aromatic rings. The van der Waals surface area contributed by atoms with E-state index < -0.39 is 5.82 Å². The molecule has 1 saturated heterocycles. The molecule has 0 bridgehead atoms. The maximum Gasteiger partial charge on any atom is 0.254 e. The summed E-state index contributed by atoms with van der Waals surface area (Å²) in [7, 11) is 0. The van der Waals surface area contributed by atoms with Crippen LogP contribution in [0.1, 0.15) is 10.4 Å². The number of carbonyl (C=O) groups excluding carboxylic acids is 1. The number of nitrogens with zero attached hydrogens (tertiary/aromatic N) is 1. The van der Waals surface area contributed by atoms with Gasteiger partial charge in [0, 0.05) is 23.7 Å². The molecule has 5 heteroatoms. The normalized spacial score (nSPS) is 16.2. The fraction of sp³-hybridized carbons (Fsp3) is 0.364. The lowest BCUT2D eigenvalue weighted by molar-refractivity contribution is 0.0302. The monoisotopic (exact) mass is 243 g/mol. The fourth-order valence-electron chi connectivity index (χ4n) is 1.63. The van der Waals surface area contributed by atoms with E-state index in [0.29, 0.717) is 26.3 Å². The SMILES string of the molecule is O=C(c1cc(F)cc(Cl)c1)N1CCOCC1. The third-order valence-corrected chi connectivity index (χ3v) is 2.63. The van der Waals surface area contributed by atoms with Gasteiger partial charge in [0.25, 0.3) is 5.91 Å². The molecule has 3 nitrogen and oxygen atoms in total. The van der Waals surface area contributed by atoms with Crippen molar-refractivity contribution in [2.75, 3.05) is 26.3 Å². The van der Waals surface area contributed by atoms with Crippen LogP contribution in [0.2, 0.25) is 5.02 Å². The van der Waals surface area contributed by atoms with Crippen LogP contribution in [0, 0.1) is 5.82 Å². The molecule has 0 N–H and O–H groups in total. The molecule has 0 spiro atoms. The Hall–Kier alpha value is -1.13. The van der Waals surface area contributed by atoms with Crippen molar-refractivity contribution >= 4 is 17.5 Å². The van der Waals surface area contributed by atoms with E-state index in [0.717, 1.165) is 0 Å². The third kappa shape index (κ3) is 2.51. The molecule has 1 fully saturated rings. The third-order valence-electron chi connectivity index (χ3n) is 2.41.